The van der Waals surface area contributed by atoms with Crippen molar-refractivity contribution in [3.63, 3.8) is 0 Å². The van der Waals surface area contributed by atoms with Gasteiger partial charge in [0.2, 0.25) is 5.95 Å². The highest BCUT2D eigenvalue weighted by molar-refractivity contribution is 5.39. The van der Waals surface area contributed by atoms with Gasteiger partial charge < -0.3 is 15.7 Å². The summed E-state index contributed by atoms with van der Waals surface area (Å²) in [5.74, 6) is 1.47. The van der Waals surface area contributed by atoms with E-state index in [1.54, 1.807) is 6.20 Å². The first-order valence-electron chi connectivity index (χ1n) is 6.49. The third-order valence-electron chi connectivity index (χ3n) is 2.73. The molecule has 0 saturated heterocycles. The summed E-state index contributed by atoms with van der Waals surface area (Å²) in [6.45, 7) is 8.20. The molecule has 0 aliphatic carbocycles. The minimum absolute atomic E-state index is 0.0523. The fraction of sp³-hybridized carbons (Fsp3) is 0.692. The highest BCUT2D eigenvalue weighted by atomic mass is 16.3. The lowest BCUT2D eigenvalue weighted by molar-refractivity contribution is 0.220. The van der Waals surface area contributed by atoms with Crippen LogP contribution in [0.4, 0.5) is 11.8 Å². The number of anilines is 2. The van der Waals surface area contributed by atoms with Crippen molar-refractivity contribution < 1.29 is 5.11 Å². The van der Waals surface area contributed by atoms with Crippen LogP contribution in [0.1, 0.15) is 33.6 Å². The summed E-state index contributed by atoms with van der Waals surface area (Å²) in [5.41, 5.74) is 0.0523. The van der Waals surface area contributed by atoms with E-state index in [4.69, 9.17) is 5.11 Å². The second-order valence-corrected chi connectivity index (χ2v) is 5.18. The maximum absolute atomic E-state index is 8.98. The van der Waals surface area contributed by atoms with Gasteiger partial charge >= 0.3 is 0 Å². The van der Waals surface area contributed by atoms with Crippen molar-refractivity contribution in [2.45, 2.75) is 33.6 Å². The minimum atomic E-state index is 0.0523. The normalized spacial score (nSPS) is 11.3. The molecule has 0 unspecified atom stereocenters. The SMILES string of the molecule is CCCNc1nccc(NCC(C)(C)CCO)n1. The topological polar surface area (TPSA) is 70.1 Å². The molecule has 3 N–H and O–H groups in total. The van der Waals surface area contributed by atoms with Gasteiger partial charge in [0.1, 0.15) is 5.82 Å². The lowest BCUT2D eigenvalue weighted by Gasteiger charge is -2.24. The van der Waals surface area contributed by atoms with Crippen LogP contribution in [0.3, 0.4) is 0 Å². The van der Waals surface area contributed by atoms with E-state index in [0.717, 1.165) is 31.7 Å². The van der Waals surface area contributed by atoms with Crippen molar-refractivity contribution in [2.24, 2.45) is 5.41 Å². The molecule has 1 rings (SSSR count). The van der Waals surface area contributed by atoms with Gasteiger partial charge in [-0.2, -0.15) is 4.98 Å². The van der Waals surface area contributed by atoms with E-state index in [1.807, 2.05) is 6.07 Å². The number of nitrogens with one attached hydrogen (secondary N) is 2. The Morgan fingerprint density at radius 2 is 2.11 bits per heavy atom. The Labute approximate surface area is 109 Å². The number of hydrogen-bond acceptors (Lipinski definition) is 5. The predicted octanol–water partition coefficient (Wildman–Crippen LogP) is 2.12. The standard InChI is InChI=1S/C13H24N4O/c1-4-7-14-12-15-8-5-11(17-12)16-10-13(2,3)6-9-18/h5,8,18H,4,6-7,9-10H2,1-3H3,(H2,14,15,16,17). The number of rotatable bonds is 8. The second kappa shape index (κ2) is 7.16. The van der Waals surface area contributed by atoms with Crippen LogP contribution in [-0.4, -0.2) is 34.8 Å². The maximum Gasteiger partial charge on any atom is 0.224 e. The third kappa shape index (κ3) is 5.31. The van der Waals surface area contributed by atoms with E-state index in [9.17, 15) is 0 Å². The van der Waals surface area contributed by atoms with Gasteiger partial charge in [0.15, 0.2) is 0 Å². The smallest absolute Gasteiger partial charge is 0.224 e. The average Bonchev–Trinajstić information content (AvgIpc) is 2.35. The van der Waals surface area contributed by atoms with Crippen molar-refractivity contribution in [2.75, 3.05) is 30.3 Å². The van der Waals surface area contributed by atoms with Gasteiger partial charge in [0.25, 0.3) is 0 Å². The van der Waals surface area contributed by atoms with Crippen LogP contribution in [0.15, 0.2) is 12.3 Å². The molecule has 0 spiro atoms. The maximum atomic E-state index is 8.98. The molecular weight excluding hydrogens is 228 g/mol. The van der Waals surface area contributed by atoms with E-state index >= 15 is 0 Å². The van der Waals surface area contributed by atoms with Gasteiger partial charge in [-0.1, -0.05) is 20.8 Å². The molecule has 18 heavy (non-hydrogen) atoms. The fourth-order valence-electron chi connectivity index (χ4n) is 1.50. The van der Waals surface area contributed by atoms with Gasteiger partial charge in [0.05, 0.1) is 0 Å². The fourth-order valence-corrected chi connectivity index (χ4v) is 1.50. The third-order valence-corrected chi connectivity index (χ3v) is 2.73. The minimum Gasteiger partial charge on any atom is -0.396 e. The van der Waals surface area contributed by atoms with Crippen molar-refractivity contribution in [1.29, 1.82) is 0 Å². The first-order chi connectivity index (χ1) is 8.57. The first-order valence-corrected chi connectivity index (χ1v) is 6.49. The molecule has 0 aliphatic rings. The summed E-state index contributed by atoms with van der Waals surface area (Å²) in [6, 6.07) is 1.85. The van der Waals surface area contributed by atoms with E-state index in [1.165, 1.54) is 0 Å². The highest BCUT2D eigenvalue weighted by Crippen LogP contribution is 2.20. The molecule has 0 saturated carbocycles. The van der Waals surface area contributed by atoms with Crippen LogP contribution in [0.2, 0.25) is 0 Å². The molecule has 1 aromatic rings. The number of aromatic nitrogens is 2. The largest absolute Gasteiger partial charge is 0.396 e. The molecule has 0 radical (unpaired) electrons. The van der Waals surface area contributed by atoms with Gasteiger partial charge in [-0.3, -0.25) is 0 Å². The van der Waals surface area contributed by atoms with Crippen LogP contribution in [0.5, 0.6) is 0 Å². The molecule has 5 heteroatoms. The summed E-state index contributed by atoms with van der Waals surface area (Å²) in [4.78, 5) is 8.53. The molecule has 1 heterocycles. The highest BCUT2D eigenvalue weighted by Gasteiger charge is 2.16. The molecule has 5 nitrogen and oxygen atoms in total. The Morgan fingerprint density at radius 1 is 1.33 bits per heavy atom. The Bertz CT molecular complexity index is 355. The molecule has 0 aliphatic heterocycles. The molecule has 0 atom stereocenters. The summed E-state index contributed by atoms with van der Waals surface area (Å²) in [7, 11) is 0. The number of aliphatic hydroxyl groups excluding tert-OH is 1. The lowest BCUT2D eigenvalue weighted by atomic mass is 9.90. The number of hydrogen-bond donors (Lipinski definition) is 3. The average molecular weight is 252 g/mol. The molecule has 0 amide bonds. The van der Waals surface area contributed by atoms with Crippen LogP contribution in [0, 0.1) is 5.41 Å². The Kier molecular flexibility index (Phi) is 5.85. The second-order valence-electron chi connectivity index (χ2n) is 5.18. The van der Waals surface area contributed by atoms with E-state index in [0.29, 0.717) is 5.95 Å². The Balaban J connectivity index is 2.51. The summed E-state index contributed by atoms with van der Waals surface area (Å²) in [5, 5.41) is 15.4. The van der Waals surface area contributed by atoms with Crippen LogP contribution in [-0.2, 0) is 0 Å². The van der Waals surface area contributed by atoms with Gasteiger partial charge in [-0.15, -0.1) is 0 Å². The monoisotopic (exact) mass is 252 g/mol. The van der Waals surface area contributed by atoms with Crippen LogP contribution >= 0.6 is 0 Å². The Hall–Kier alpha value is -1.36. The molecule has 0 aromatic carbocycles. The molecule has 0 bridgehead atoms. The number of nitrogens with zero attached hydrogens (tertiary/aromatic N) is 2. The van der Waals surface area contributed by atoms with Crippen molar-refractivity contribution >= 4 is 11.8 Å². The van der Waals surface area contributed by atoms with Crippen molar-refractivity contribution in [1.82, 2.24) is 9.97 Å². The van der Waals surface area contributed by atoms with Gasteiger partial charge in [0, 0.05) is 25.9 Å². The lowest BCUT2D eigenvalue weighted by Crippen LogP contribution is -2.24. The molecule has 1 aromatic heterocycles. The van der Waals surface area contributed by atoms with Gasteiger partial charge in [-0.25, -0.2) is 4.98 Å². The van der Waals surface area contributed by atoms with Crippen LogP contribution in [0.25, 0.3) is 0 Å². The van der Waals surface area contributed by atoms with Crippen LogP contribution < -0.4 is 10.6 Å². The zero-order valence-corrected chi connectivity index (χ0v) is 11.5. The van der Waals surface area contributed by atoms with Gasteiger partial charge in [-0.05, 0) is 24.3 Å². The van der Waals surface area contributed by atoms with Crippen molar-refractivity contribution in [3.8, 4) is 0 Å². The van der Waals surface area contributed by atoms with E-state index < -0.39 is 0 Å². The summed E-state index contributed by atoms with van der Waals surface area (Å²) < 4.78 is 0. The molecule has 102 valence electrons. The van der Waals surface area contributed by atoms with Crippen molar-refractivity contribution in [3.05, 3.63) is 12.3 Å². The zero-order valence-electron chi connectivity index (χ0n) is 11.5. The summed E-state index contributed by atoms with van der Waals surface area (Å²) in [6.07, 6.45) is 3.56. The number of aliphatic hydroxyl groups is 1. The predicted molar refractivity (Wildman–Crippen MR) is 74.8 cm³/mol. The quantitative estimate of drug-likeness (QED) is 0.661. The Morgan fingerprint density at radius 3 is 2.78 bits per heavy atom. The van der Waals surface area contributed by atoms with E-state index in [-0.39, 0.29) is 12.0 Å². The first kappa shape index (κ1) is 14.7. The zero-order chi connectivity index (χ0) is 13.4. The van der Waals surface area contributed by atoms with E-state index in [2.05, 4.69) is 41.4 Å². The summed E-state index contributed by atoms with van der Waals surface area (Å²) >= 11 is 0. The molecule has 0 fully saturated rings. The molecular formula is C13H24N4O.